The number of unbranched alkanes of at least 4 members (excludes halogenated alkanes) is 1. The minimum absolute atomic E-state index is 0.152. The molecule has 2 heterocycles. The summed E-state index contributed by atoms with van der Waals surface area (Å²) in [5, 5.41) is 16.5. The van der Waals surface area contributed by atoms with Crippen LogP contribution in [-0.4, -0.2) is 33.4 Å². The number of ether oxygens (including phenoxy) is 1. The molecule has 0 saturated heterocycles. The lowest BCUT2D eigenvalue weighted by atomic mass is 10.2. The Hall–Kier alpha value is -2.44. The van der Waals surface area contributed by atoms with Crippen LogP contribution in [-0.2, 0) is 11.2 Å². The average Bonchev–Trinajstić information content (AvgIpc) is 2.92. The first kappa shape index (κ1) is 14.0. The molecule has 7 heteroatoms. The molecule has 0 bridgehead atoms. The maximum absolute atomic E-state index is 10.4. The van der Waals surface area contributed by atoms with Crippen LogP contribution >= 0.6 is 0 Å². The zero-order chi connectivity index (χ0) is 14.4. The van der Waals surface area contributed by atoms with Gasteiger partial charge in [-0.15, -0.1) is 10.2 Å². The van der Waals surface area contributed by atoms with E-state index in [9.17, 15) is 4.79 Å². The molecule has 0 amide bonds. The van der Waals surface area contributed by atoms with E-state index in [2.05, 4.69) is 15.2 Å². The molecule has 2 aromatic heterocycles. The first-order valence-corrected chi connectivity index (χ1v) is 6.23. The summed E-state index contributed by atoms with van der Waals surface area (Å²) in [6.45, 7) is 0. The number of aryl methyl sites for hydroxylation is 1. The normalized spacial score (nSPS) is 10.4. The molecule has 0 atom stereocenters. The lowest BCUT2D eigenvalue weighted by Gasteiger charge is -2.02. The first-order chi connectivity index (χ1) is 9.70. The number of rotatable bonds is 7. The van der Waals surface area contributed by atoms with E-state index < -0.39 is 5.97 Å². The van der Waals surface area contributed by atoms with Gasteiger partial charge in [0.2, 0.25) is 5.89 Å². The molecule has 7 nitrogen and oxygen atoms in total. The zero-order valence-corrected chi connectivity index (χ0v) is 11.1. The maximum atomic E-state index is 10.4. The number of nitrogens with zero attached hydrogens (tertiary/aromatic N) is 3. The van der Waals surface area contributed by atoms with E-state index >= 15 is 0 Å². The van der Waals surface area contributed by atoms with E-state index in [1.165, 1.54) is 0 Å². The Morgan fingerprint density at radius 2 is 2.25 bits per heavy atom. The molecule has 20 heavy (non-hydrogen) atoms. The predicted molar refractivity (Wildman–Crippen MR) is 69.3 cm³/mol. The van der Waals surface area contributed by atoms with Gasteiger partial charge >= 0.3 is 5.97 Å². The van der Waals surface area contributed by atoms with Gasteiger partial charge in [0.15, 0.2) is 0 Å². The van der Waals surface area contributed by atoms with Crippen molar-refractivity contribution in [2.75, 3.05) is 7.11 Å². The van der Waals surface area contributed by atoms with Crippen molar-refractivity contribution in [3.05, 3.63) is 24.4 Å². The fourth-order valence-electron chi connectivity index (χ4n) is 1.74. The van der Waals surface area contributed by atoms with Crippen LogP contribution in [0.4, 0.5) is 0 Å². The Balaban J connectivity index is 2.00. The van der Waals surface area contributed by atoms with Crippen molar-refractivity contribution in [1.82, 2.24) is 15.2 Å². The van der Waals surface area contributed by atoms with E-state index in [1.54, 1.807) is 25.6 Å². The number of carbonyl (C=O) groups is 1. The first-order valence-electron chi connectivity index (χ1n) is 6.23. The van der Waals surface area contributed by atoms with Crippen LogP contribution in [0.2, 0.25) is 0 Å². The summed E-state index contributed by atoms with van der Waals surface area (Å²) < 4.78 is 10.7. The fourth-order valence-corrected chi connectivity index (χ4v) is 1.74. The average molecular weight is 277 g/mol. The van der Waals surface area contributed by atoms with Crippen LogP contribution in [0.15, 0.2) is 22.9 Å². The lowest BCUT2D eigenvalue weighted by Crippen LogP contribution is -1.95. The molecule has 106 valence electrons. The molecule has 0 saturated carbocycles. The predicted octanol–water partition coefficient (Wildman–Crippen LogP) is 1.94. The summed E-state index contributed by atoms with van der Waals surface area (Å²) in [7, 11) is 1.55. The molecule has 0 radical (unpaired) electrons. The van der Waals surface area contributed by atoms with E-state index in [1.807, 2.05) is 0 Å². The van der Waals surface area contributed by atoms with Gasteiger partial charge in [0.25, 0.3) is 5.89 Å². The van der Waals surface area contributed by atoms with Crippen LogP contribution < -0.4 is 4.74 Å². The number of methoxy groups -OCH3 is 1. The van der Waals surface area contributed by atoms with Crippen molar-refractivity contribution in [3.8, 4) is 17.2 Å². The second-order valence-corrected chi connectivity index (χ2v) is 4.18. The molecular formula is C13H15N3O4. The zero-order valence-electron chi connectivity index (χ0n) is 11.1. The van der Waals surface area contributed by atoms with Crippen LogP contribution in [0.1, 0.15) is 25.2 Å². The van der Waals surface area contributed by atoms with Crippen molar-refractivity contribution < 1.29 is 19.1 Å². The van der Waals surface area contributed by atoms with Crippen LogP contribution in [0.5, 0.6) is 5.75 Å². The Morgan fingerprint density at radius 1 is 1.40 bits per heavy atom. The Kier molecular flexibility index (Phi) is 4.65. The molecule has 0 unspecified atom stereocenters. The van der Waals surface area contributed by atoms with Crippen molar-refractivity contribution in [3.63, 3.8) is 0 Å². The molecule has 2 aromatic rings. The number of aliphatic carboxylic acids is 1. The van der Waals surface area contributed by atoms with Gasteiger partial charge in [-0.3, -0.25) is 9.78 Å². The van der Waals surface area contributed by atoms with Gasteiger partial charge in [-0.05, 0) is 18.9 Å². The third-order valence-corrected chi connectivity index (χ3v) is 2.73. The molecule has 0 aliphatic carbocycles. The highest BCUT2D eigenvalue weighted by Crippen LogP contribution is 2.27. The summed E-state index contributed by atoms with van der Waals surface area (Å²) in [5.41, 5.74) is 0.687. The molecule has 0 aliphatic heterocycles. The number of carboxylic acid groups (broad SMARTS) is 1. The summed E-state index contributed by atoms with van der Waals surface area (Å²) in [5.74, 6) is 0.632. The lowest BCUT2D eigenvalue weighted by molar-refractivity contribution is -0.137. The van der Waals surface area contributed by atoms with Gasteiger partial charge in [0, 0.05) is 19.0 Å². The summed E-state index contributed by atoms with van der Waals surface area (Å²) in [6.07, 6.45) is 5.19. The van der Waals surface area contributed by atoms with Crippen molar-refractivity contribution in [2.45, 2.75) is 25.7 Å². The third-order valence-electron chi connectivity index (χ3n) is 2.73. The highest BCUT2D eigenvalue weighted by atomic mass is 16.5. The monoisotopic (exact) mass is 277 g/mol. The molecule has 0 spiro atoms. The van der Waals surface area contributed by atoms with E-state index in [0.29, 0.717) is 42.4 Å². The maximum Gasteiger partial charge on any atom is 0.303 e. The Morgan fingerprint density at radius 3 is 3.00 bits per heavy atom. The minimum atomic E-state index is -0.794. The van der Waals surface area contributed by atoms with Crippen LogP contribution in [0, 0.1) is 0 Å². The van der Waals surface area contributed by atoms with Crippen LogP contribution in [0.25, 0.3) is 11.5 Å². The van der Waals surface area contributed by atoms with Crippen molar-refractivity contribution in [1.29, 1.82) is 0 Å². The molecule has 1 N–H and O–H groups in total. The van der Waals surface area contributed by atoms with E-state index in [0.717, 1.165) is 0 Å². The molecule has 0 fully saturated rings. The summed E-state index contributed by atoms with van der Waals surface area (Å²) >= 11 is 0. The molecule has 0 aliphatic rings. The third kappa shape index (κ3) is 3.53. The molecule has 2 rings (SSSR count). The largest absolute Gasteiger partial charge is 0.494 e. The molecular weight excluding hydrogens is 262 g/mol. The topological polar surface area (TPSA) is 98.3 Å². The number of pyridine rings is 1. The van der Waals surface area contributed by atoms with Crippen molar-refractivity contribution in [2.24, 2.45) is 0 Å². The smallest absolute Gasteiger partial charge is 0.303 e. The quantitative estimate of drug-likeness (QED) is 0.772. The summed E-state index contributed by atoms with van der Waals surface area (Å²) in [4.78, 5) is 14.4. The molecule has 0 aromatic carbocycles. The van der Waals surface area contributed by atoms with Crippen LogP contribution in [0.3, 0.4) is 0 Å². The Labute approximate surface area is 115 Å². The SMILES string of the molecule is COc1cnccc1-c1nnc(CCCCC(=O)O)o1. The second kappa shape index (κ2) is 6.65. The summed E-state index contributed by atoms with van der Waals surface area (Å²) in [6, 6.07) is 1.74. The van der Waals surface area contributed by atoms with Gasteiger partial charge in [-0.25, -0.2) is 0 Å². The fraction of sp³-hybridized carbons (Fsp3) is 0.385. The highest BCUT2D eigenvalue weighted by Gasteiger charge is 2.13. The van der Waals surface area contributed by atoms with Gasteiger partial charge < -0.3 is 14.3 Å². The van der Waals surface area contributed by atoms with Crippen molar-refractivity contribution >= 4 is 5.97 Å². The highest BCUT2D eigenvalue weighted by molar-refractivity contribution is 5.66. The second-order valence-electron chi connectivity index (χ2n) is 4.18. The number of hydrogen-bond donors (Lipinski definition) is 1. The van der Waals surface area contributed by atoms with E-state index in [4.69, 9.17) is 14.3 Å². The Bertz CT molecular complexity index is 583. The number of aromatic nitrogens is 3. The van der Waals surface area contributed by atoms with Gasteiger partial charge in [0.1, 0.15) is 5.75 Å². The number of carboxylic acids is 1. The minimum Gasteiger partial charge on any atom is -0.494 e. The standard InChI is InChI=1S/C13H15N3O4/c1-19-10-8-14-7-6-9(10)13-16-15-11(20-13)4-2-3-5-12(17)18/h6-8H,2-5H2,1H3,(H,17,18). The van der Waals surface area contributed by atoms with Gasteiger partial charge in [-0.2, -0.15) is 0 Å². The van der Waals surface area contributed by atoms with Gasteiger partial charge in [-0.1, -0.05) is 0 Å². The van der Waals surface area contributed by atoms with Gasteiger partial charge in [0.05, 0.1) is 18.9 Å². The van der Waals surface area contributed by atoms with E-state index in [-0.39, 0.29) is 6.42 Å². The number of hydrogen-bond acceptors (Lipinski definition) is 6.